The third-order valence-electron chi connectivity index (χ3n) is 4.53. The van der Waals surface area contributed by atoms with Crippen LogP contribution in [0.5, 0.6) is 5.75 Å². The van der Waals surface area contributed by atoms with Crippen molar-refractivity contribution in [1.82, 2.24) is 14.9 Å². The fraction of sp³-hybridized carbons (Fsp3) is 0.182. The summed E-state index contributed by atoms with van der Waals surface area (Å²) in [5, 5.41) is 0.583. The Morgan fingerprint density at radius 1 is 1.10 bits per heavy atom. The van der Waals surface area contributed by atoms with E-state index in [-0.39, 0.29) is 11.3 Å². The summed E-state index contributed by atoms with van der Waals surface area (Å²) in [6.07, 6.45) is 0. The van der Waals surface area contributed by atoms with Crippen LogP contribution in [0.2, 0.25) is 0 Å². The normalized spacial score (nSPS) is 11.5. The number of nitrogens with one attached hydrogen (secondary N) is 1. The van der Waals surface area contributed by atoms with Gasteiger partial charge >= 0.3 is 6.61 Å². The summed E-state index contributed by atoms with van der Waals surface area (Å²) in [4.78, 5) is 23.7. The first-order chi connectivity index (χ1) is 14.5. The SMILES string of the molecule is CN(Cc1ccc(OC(F)F)cc1)Cc1nc2sc(-c3ccccc3)cc2c(=O)[nH]1. The second kappa shape index (κ2) is 8.73. The maximum absolute atomic E-state index is 12.5. The molecule has 8 heteroatoms. The molecular weight excluding hydrogens is 408 g/mol. The summed E-state index contributed by atoms with van der Waals surface area (Å²) in [5.74, 6) is 0.703. The van der Waals surface area contributed by atoms with Crippen molar-refractivity contribution in [2.24, 2.45) is 0 Å². The van der Waals surface area contributed by atoms with Gasteiger partial charge < -0.3 is 9.72 Å². The van der Waals surface area contributed by atoms with Crippen LogP contribution in [0.15, 0.2) is 65.5 Å². The largest absolute Gasteiger partial charge is 0.435 e. The highest BCUT2D eigenvalue weighted by molar-refractivity contribution is 7.21. The predicted molar refractivity (Wildman–Crippen MR) is 114 cm³/mol. The number of fused-ring (bicyclic) bond motifs is 1. The lowest BCUT2D eigenvalue weighted by Crippen LogP contribution is -2.21. The lowest BCUT2D eigenvalue weighted by Gasteiger charge is -2.16. The summed E-state index contributed by atoms with van der Waals surface area (Å²) in [5.41, 5.74) is 1.83. The lowest BCUT2D eigenvalue weighted by atomic mass is 10.2. The Balaban J connectivity index is 1.48. The van der Waals surface area contributed by atoms with E-state index in [1.165, 1.54) is 23.5 Å². The van der Waals surface area contributed by atoms with E-state index in [0.29, 0.717) is 29.1 Å². The third kappa shape index (κ3) is 4.72. The zero-order valence-electron chi connectivity index (χ0n) is 16.1. The minimum absolute atomic E-state index is 0.125. The number of benzene rings is 2. The van der Waals surface area contributed by atoms with Gasteiger partial charge in [-0.15, -0.1) is 11.3 Å². The Morgan fingerprint density at radius 3 is 2.53 bits per heavy atom. The highest BCUT2D eigenvalue weighted by Crippen LogP contribution is 2.30. The Labute approximate surface area is 175 Å². The van der Waals surface area contributed by atoms with Crippen LogP contribution in [0.3, 0.4) is 0 Å². The standard InChI is InChI=1S/C22H19F2N3O2S/c1-27(12-14-7-9-16(10-8-14)29-22(23)24)13-19-25-20(28)17-11-18(30-21(17)26-19)15-5-3-2-4-6-15/h2-11,22H,12-13H2,1H3,(H,25,26,28). The average Bonchev–Trinajstić information content (AvgIpc) is 3.14. The molecule has 0 spiro atoms. The van der Waals surface area contributed by atoms with Crippen LogP contribution in [0.25, 0.3) is 20.7 Å². The van der Waals surface area contributed by atoms with Gasteiger partial charge in [-0.25, -0.2) is 4.98 Å². The third-order valence-corrected chi connectivity index (χ3v) is 5.61. The van der Waals surface area contributed by atoms with Gasteiger partial charge in [0.2, 0.25) is 0 Å². The quantitative estimate of drug-likeness (QED) is 0.457. The molecule has 4 aromatic rings. The topological polar surface area (TPSA) is 58.2 Å². The van der Waals surface area contributed by atoms with E-state index in [1.54, 1.807) is 12.1 Å². The van der Waals surface area contributed by atoms with Crippen LogP contribution >= 0.6 is 11.3 Å². The van der Waals surface area contributed by atoms with Crippen LogP contribution in [0.4, 0.5) is 8.78 Å². The first-order valence-corrected chi connectivity index (χ1v) is 10.1. The van der Waals surface area contributed by atoms with Gasteiger partial charge in [0, 0.05) is 11.4 Å². The minimum Gasteiger partial charge on any atom is -0.435 e. The van der Waals surface area contributed by atoms with Crippen molar-refractivity contribution >= 4 is 21.6 Å². The molecule has 2 heterocycles. The van der Waals surface area contributed by atoms with Gasteiger partial charge in [-0.3, -0.25) is 9.69 Å². The van der Waals surface area contributed by atoms with Gasteiger partial charge in [-0.1, -0.05) is 42.5 Å². The highest BCUT2D eigenvalue weighted by atomic mass is 32.1. The second-order valence-electron chi connectivity index (χ2n) is 6.90. The van der Waals surface area contributed by atoms with E-state index in [9.17, 15) is 13.6 Å². The lowest BCUT2D eigenvalue weighted by molar-refractivity contribution is -0.0498. The molecule has 0 aliphatic rings. The molecule has 0 amide bonds. The number of halogens is 2. The maximum atomic E-state index is 12.5. The molecular formula is C22H19F2N3O2S. The summed E-state index contributed by atoms with van der Waals surface area (Å²) in [7, 11) is 1.90. The molecule has 30 heavy (non-hydrogen) atoms. The van der Waals surface area contributed by atoms with E-state index in [0.717, 1.165) is 16.0 Å². The van der Waals surface area contributed by atoms with Crippen LogP contribution in [-0.2, 0) is 13.1 Å². The van der Waals surface area contributed by atoms with Crippen molar-refractivity contribution in [3.63, 3.8) is 0 Å². The monoisotopic (exact) mass is 427 g/mol. The molecule has 1 N–H and O–H groups in total. The average molecular weight is 427 g/mol. The predicted octanol–water partition coefficient (Wildman–Crippen LogP) is 4.89. The number of aromatic amines is 1. The molecule has 0 unspecified atom stereocenters. The number of ether oxygens (including phenoxy) is 1. The fourth-order valence-electron chi connectivity index (χ4n) is 3.20. The summed E-state index contributed by atoms with van der Waals surface area (Å²) >= 11 is 1.49. The van der Waals surface area contributed by atoms with Crippen LogP contribution in [-0.4, -0.2) is 28.5 Å². The van der Waals surface area contributed by atoms with Crippen molar-refractivity contribution in [2.45, 2.75) is 19.7 Å². The van der Waals surface area contributed by atoms with Crippen molar-refractivity contribution in [3.05, 3.63) is 82.4 Å². The molecule has 0 aliphatic heterocycles. The smallest absolute Gasteiger partial charge is 0.387 e. The van der Waals surface area contributed by atoms with Gasteiger partial charge in [0.15, 0.2) is 0 Å². The van der Waals surface area contributed by atoms with Crippen LogP contribution in [0, 0.1) is 0 Å². The van der Waals surface area contributed by atoms with E-state index < -0.39 is 6.61 Å². The first kappa shape index (κ1) is 20.2. The van der Waals surface area contributed by atoms with Crippen molar-refractivity contribution < 1.29 is 13.5 Å². The Kier molecular flexibility index (Phi) is 5.87. The Morgan fingerprint density at radius 2 is 1.83 bits per heavy atom. The van der Waals surface area contributed by atoms with Gasteiger partial charge in [-0.05, 0) is 36.4 Å². The molecule has 0 fully saturated rings. The number of aromatic nitrogens is 2. The van der Waals surface area contributed by atoms with Crippen LogP contribution in [0.1, 0.15) is 11.4 Å². The fourth-order valence-corrected chi connectivity index (χ4v) is 4.25. The molecule has 0 saturated carbocycles. The Bertz CT molecular complexity index is 1190. The van der Waals surface area contributed by atoms with Gasteiger partial charge in [0.1, 0.15) is 16.4 Å². The molecule has 0 saturated heterocycles. The van der Waals surface area contributed by atoms with E-state index >= 15 is 0 Å². The molecule has 5 nitrogen and oxygen atoms in total. The molecule has 154 valence electrons. The number of thiophene rings is 1. The number of rotatable bonds is 7. The number of H-pyrrole nitrogens is 1. The number of hydrogen-bond acceptors (Lipinski definition) is 5. The first-order valence-electron chi connectivity index (χ1n) is 9.28. The zero-order valence-corrected chi connectivity index (χ0v) is 17.0. The van der Waals surface area contributed by atoms with E-state index in [1.807, 2.05) is 48.3 Å². The molecule has 0 atom stereocenters. The van der Waals surface area contributed by atoms with Crippen molar-refractivity contribution in [1.29, 1.82) is 0 Å². The Hall–Kier alpha value is -3.10. The number of alkyl halides is 2. The van der Waals surface area contributed by atoms with Gasteiger partial charge in [0.25, 0.3) is 5.56 Å². The molecule has 4 rings (SSSR count). The summed E-state index contributed by atoms with van der Waals surface area (Å²) in [6.45, 7) is -1.83. The van der Waals surface area contributed by atoms with E-state index in [4.69, 9.17) is 0 Å². The number of nitrogens with zero attached hydrogens (tertiary/aromatic N) is 2. The summed E-state index contributed by atoms with van der Waals surface area (Å²) < 4.78 is 28.9. The molecule has 0 radical (unpaired) electrons. The van der Waals surface area contributed by atoms with Crippen molar-refractivity contribution in [2.75, 3.05) is 7.05 Å². The van der Waals surface area contributed by atoms with Crippen molar-refractivity contribution in [3.8, 4) is 16.2 Å². The number of hydrogen-bond donors (Lipinski definition) is 1. The molecule has 0 bridgehead atoms. The maximum Gasteiger partial charge on any atom is 0.387 e. The minimum atomic E-state index is -2.84. The summed E-state index contributed by atoms with van der Waals surface area (Å²) in [6, 6.07) is 18.3. The zero-order chi connectivity index (χ0) is 21.1. The molecule has 2 aromatic carbocycles. The van der Waals surface area contributed by atoms with Crippen LogP contribution < -0.4 is 10.3 Å². The van der Waals surface area contributed by atoms with E-state index in [2.05, 4.69) is 14.7 Å². The molecule has 2 aromatic heterocycles. The van der Waals surface area contributed by atoms with Gasteiger partial charge in [0.05, 0.1) is 11.9 Å². The highest BCUT2D eigenvalue weighted by Gasteiger charge is 2.12. The second-order valence-corrected chi connectivity index (χ2v) is 7.93. The van der Waals surface area contributed by atoms with Gasteiger partial charge in [-0.2, -0.15) is 8.78 Å². The molecule has 0 aliphatic carbocycles.